The molecule has 6 rings (SSSR count). The summed E-state index contributed by atoms with van der Waals surface area (Å²) in [4.78, 5) is 51.6. The van der Waals surface area contributed by atoms with Gasteiger partial charge in [0.1, 0.15) is 18.8 Å². The number of benzene rings is 3. The number of anilines is 1. The topological polar surface area (TPSA) is 215 Å². The van der Waals surface area contributed by atoms with Crippen molar-refractivity contribution in [3.8, 4) is 0 Å². The van der Waals surface area contributed by atoms with Crippen LogP contribution in [0.15, 0.2) is 78.9 Å². The van der Waals surface area contributed by atoms with Crippen LogP contribution in [0.2, 0.25) is 0 Å². The predicted octanol–water partition coefficient (Wildman–Crippen LogP) is 4.77. The van der Waals surface area contributed by atoms with Crippen molar-refractivity contribution < 1.29 is 81.1 Å². The molecule has 0 bridgehead atoms. The van der Waals surface area contributed by atoms with Gasteiger partial charge in [-0.15, -0.1) is 0 Å². The lowest BCUT2D eigenvalue weighted by Gasteiger charge is -2.44. The van der Waals surface area contributed by atoms with Gasteiger partial charge in [-0.05, 0) is 28.8 Å². The lowest BCUT2D eigenvalue weighted by Crippen LogP contribution is -2.62. The number of carbonyl (C=O) groups excluding carboxylic acids is 4. The second kappa shape index (κ2) is 29.7. The first-order valence-electron chi connectivity index (χ1n) is 24.3. The number of esters is 4. The first-order chi connectivity index (χ1) is 34.9. The molecule has 1 unspecified atom stereocenters. The third kappa shape index (κ3) is 17.9. The minimum absolute atomic E-state index is 0.0694. The normalized spacial score (nSPS) is 26.4. The number of nitrogens with one attached hydrogen (secondary N) is 1. The molecule has 394 valence electrons. The summed E-state index contributed by atoms with van der Waals surface area (Å²) in [7, 11) is 0. The molecule has 2 N–H and O–H groups in total. The molecule has 3 aromatic rings. The molecular formula is C52H68N2O17S. The van der Waals surface area contributed by atoms with Crippen LogP contribution in [0.4, 0.5) is 5.69 Å². The summed E-state index contributed by atoms with van der Waals surface area (Å²) in [5.41, 5.74) is 3.94. The summed E-state index contributed by atoms with van der Waals surface area (Å²) in [5, 5.41) is 13.2. The van der Waals surface area contributed by atoms with Crippen LogP contribution in [-0.4, -0.2) is 168 Å². The number of ether oxygens (including phenoxy) is 12. The van der Waals surface area contributed by atoms with Crippen LogP contribution in [0.1, 0.15) is 74.7 Å². The first-order valence-corrected chi connectivity index (χ1v) is 24.7. The number of rotatable bonds is 14. The zero-order valence-corrected chi connectivity index (χ0v) is 42.2. The average molecular weight is 1030 g/mol. The Labute approximate surface area is 425 Å². The third-order valence-corrected chi connectivity index (χ3v) is 12.2. The SMILES string of the molecule is CC(=O)OC[C@H]1O[C@@H](CC(=S)Nc2cccc(C3O[C@H](CN4CCOCCOCCOCCOCCOCC4)[C@@H](c4ccccc4)[C@H](c4ccc(CO)cc4)O3)c2)[C@H](OC(C)=O)[C@@H](OC(C)=O)[C@@H]1OC(C)=O. The van der Waals surface area contributed by atoms with Gasteiger partial charge < -0.3 is 67.3 Å². The number of nitrogens with zero attached hydrogens (tertiary/aromatic N) is 1. The van der Waals surface area contributed by atoms with Gasteiger partial charge in [0.15, 0.2) is 24.6 Å². The first kappa shape index (κ1) is 56.3. The van der Waals surface area contributed by atoms with Crippen LogP contribution in [0.25, 0.3) is 0 Å². The highest BCUT2D eigenvalue weighted by Gasteiger charge is 2.52. The van der Waals surface area contributed by atoms with E-state index in [1.807, 2.05) is 66.7 Å². The lowest BCUT2D eigenvalue weighted by molar-refractivity contribution is -0.263. The zero-order chi connectivity index (χ0) is 51.2. The van der Waals surface area contributed by atoms with E-state index in [0.29, 0.717) is 97.0 Å². The molecule has 3 heterocycles. The highest BCUT2D eigenvalue weighted by Crippen LogP contribution is 2.47. The molecule has 0 aromatic heterocycles. The number of hydrogen-bond acceptors (Lipinski definition) is 19. The smallest absolute Gasteiger partial charge is 0.303 e. The molecule has 19 nitrogen and oxygen atoms in total. The molecule has 3 aromatic carbocycles. The van der Waals surface area contributed by atoms with Crippen LogP contribution in [0.5, 0.6) is 0 Å². The number of hydrogen-bond donors (Lipinski definition) is 2. The maximum absolute atomic E-state index is 12.5. The van der Waals surface area contributed by atoms with Gasteiger partial charge in [-0.2, -0.15) is 0 Å². The molecule has 0 spiro atoms. The molecule has 3 aliphatic rings. The maximum Gasteiger partial charge on any atom is 0.303 e. The molecule has 0 amide bonds. The molecule has 20 heteroatoms. The summed E-state index contributed by atoms with van der Waals surface area (Å²) < 4.78 is 71.5. The van der Waals surface area contributed by atoms with Gasteiger partial charge in [0.25, 0.3) is 0 Å². The number of aliphatic hydroxyl groups is 1. The maximum atomic E-state index is 12.5. The second-order valence-corrected chi connectivity index (χ2v) is 17.9. The van der Waals surface area contributed by atoms with E-state index < -0.39 is 72.9 Å². The molecule has 72 heavy (non-hydrogen) atoms. The Morgan fingerprint density at radius 2 is 1.14 bits per heavy atom. The van der Waals surface area contributed by atoms with Crippen molar-refractivity contribution in [2.75, 3.05) is 97.6 Å². The quantitative estimate of drug-likeness (QED) is 0.126. The predicted molar refractivity (Wildman–Crippen MR) is 263 cm³/mol. The van der Waals surface area contributed by atoms with E-state index in [9.17, 15) is 24.3 Å². The van der Waals surface area contributed by atoms with Gasteiger partial charge in [0.05, 0.1) is 89.9 Å². The highest BCUT2D eigenvalue weighted by molar-refractivity contribution is 7.80. The van der Waals surface area contributed by atoms with Crippen molar-refractivity contribution in [3.63, 3.8) is 0 Å². The zero-order valence-electron chi connectivity index (χ0n) is 41.4. The number of thiocarbonyl (C=S) groups is 1. The van der Waals surface area contributed by atoms with E-state index in [4.69, 9.17) is 69.1 Å². The summed E-state index contributed by atoms with van der Waals surface area (Å²) in [6.45, 7) is 10.4. The van der Waals surface area contributed by atoms with Gasteiger partial charge in [0, 0.05) is 70.9 Å². The summed E-state index contributed by atoms with van der Waals surface area (Å²) in [6, 6.07) is 25.3. The molecule has 3 saturated heterocycles. The Morgan fingerprint density at radius 3 is 1.69 bits per heavy atom. The fourth-order valence-corrected chi connectivity index (χ4v) is 9.01. The molecule has 0 radical (unpaired) electrons. The molecule has 9 atom stereocenters. The van der Waals surface area contributed by atoms with Crippen LogP contribution in [-0.2, 0) is 82.6 Å². The molecular weight excluding hydrogens is 957 g/mol. The Morgan fingerprint density at radius 1 is 0.597 bits per heavy atom. The van der Waals surface area contributed by atoms with Crippen molar-refractivity contribution in [1.82, 2.24) is 4.90 Å². The fourth-order valence-electron chi connectivity index (χ4n) is 8.72. The van der Waals surface area contributed by atoms with Gasteiger partial charge in [-0.3, -0.25) is 24.1 Å². The van der Waals surface area contributed by atoms with E-state index in [0.717, 1.165) is 30.5 Å². The lowest BCUT2D eigenvalue weighted by atomic mass is 9.83. The van der Waals surface area contributed by atoms with Crippen LogP contribution in [0, 0.1) is 0 Å². The van der Waals surface area contributed by atoms with Crippen molar-refractivity contribution in [3.05, 3.63) is 101 Å². The summed E-state index contributed by atoms with van der Waals surface area (Å²) in [5.74, 6) is -3.08. The Hall–Kier alpha value is -4.97. The van der Waals surface area contributed by atoms with Gasteiger partial charge in [0.2, 0.25) is 0 Å². The van der Waals surface area contributed by atoms with Crippen molar-refractivity contribution in [2.45, 2.75) is 95.7 Å². The van der Waals surface area contributed by atoms with Crippen LogP contribution >= 0.6 is 12.2 Å². The van der Waals surface area contributed by atoms with E-state index in [-0.39, 0.29) is 30.5 Å². The molecule has 3 fully saturated rings. The van der Waals surface area contributed by atoms with Crippen LogP contribution in [0.3, 0.4) is 0 Å². The van der Waals surface area contributed by atoms with Gasteiger partial charge in [-0.1, -0.05) is 78.9 Å². The molecule has 0 aliphatic carbocycles. The Kier molecular flexibility index (Phi) is 23.2. The standard InChI is InChI=1S/C52H68N2O17S/c1-34(56)65-33-45-50(67-36(3)58)51(68-37(4)59)49(66-35(2)57)43(69-45)30-46(72)53-42-12-8-11-41(29-42)52-70-44(31-54-17-19-60-21-23-62-25-27-64-28-26-63-24-22-61-20-18-54)47(39-9-6-5-7-10-39)48(71-52)40-15-13-38(32-55)14-16-40/h5-16,29,43-45,47-52,55H,17-28,30-33H2,1-4H3,(H,53,72)/t43-,44+,45+,47+,48-,49-,50+,51+,52?/m0/s1. The number of aliphatic hydroxyl groups excluding tert-OH is 1. The van der Waals surface area contributed by atoms with E-state index in [1.165, 1.54) is 13.8 Å². The summed E-state index contributed by atoms with van der Waals surface area (Å²) in [6.07, 6.45) is -7.96. The second-order valence-electron chi connectivity index (χ2n) is 17.4. The van der Waals surface area contributed by atoms with E-state index in [2.05, 4.69) is 22.3 Å². The Bertz CT molecular complexity index is 2150. The van der Waals surface area contributed by atoms with E-state index in [1.54, 1.807) is 0 Å². The summed E-state index contributed by atoms with van der Waals surface area (Å²) >= 11 is 5.89. The molecule has 3 aliphatic heterocycles. The van der Waals surface area contributed by atoms with Crippen molar-refractivity contribution in [2.24, 2.45) is 0 Å². The monoisotopic (exact) mass is 1020 g/mol. The van der Waals surface area contributed by atoms with E-state index >= 15 is 0 Å². The minimum Gasteiger partial charge on any atom is -0.463 e. The number of carbonyl (C=O) groups is 4. The van der Waals surface area contributed by atoms with Crippen molar-refractivity contribution in [1.29, 1.82) is 0 Å². The average Bonchev–Trinajstić information content (AvgIpc) is 3.35. The van der Waals surface area contributed by atoms with Crippen LogP contribution < -0.4 is 5.32 Å². The largest absolute Gasteiger partial charge is 0.463 e. The Balaban J connectivity index is 1.27. The third-order valence-electron chi connectivity index (χ3n) is 11.9. The highest BCUT2D eigenvalue weighted by atomic mass is 32.1. The fraction of sp³-hybridized carbons (Fsp3) is 0.558. The van der Waals surface area contributed by atoms with Crippen molar-refractivity contribution >= 4 is 46.8 Å². The molecule has 0 saturated carbocycles. The van der Waals surface area contributed by atoms with Gasteiger partial charge >= 0.3 is 23.9 Å². The van der Waals surface area contributed by atoms with Gasteiger partial charge in [-0.25, -0.2) is 0 Å². The minimum atomic E-state index is -1.33.